The topological polar surface area (TPSA) is 87.0 Å². The minimum absolute atomic E-state index is 0.290. The van der Waals surface area contributed by atoms with E-state index in [0.29, 0.717) is 45.2 Å². The first-order valence-corrected chi connectivity index (χ1v) is 10.2. The fraction of sp³-hybridized carbons (Fsp3) is 0.227. The van der Waals surface area contributed by atoms with Crippen molar-refractivity contribution >= 4 is 35.3 Å². The van der Waals surface area contributed by atoms with Crippen molar-refractivity contribution in [1.82, 2.24) is 15.2 Å². The Morgan fingerprint density at radius 2 is 1.72 bits per heavy atom. The molecule has 0 unspecified atom stereocenters. The Labute approximate surface area is 195 Å². The summed E-state index contributed by atoms with van der Waals surface area (Å²) in [7, 11) is 4.44. The summed E-state index contributed by atoms with van der Waals surface area (Å²) in [6, 6.07) is 10.5. The van der Waals surface area contributed by atoms with Crippen molar-refractivity contribution in [3.63, 3.8) is 0 Å². The summed E-state index contributed by atoms with van der Waals surface area (Å²) in [5, 5.41) is 9.55. The lowest BCUT2D eigenvalue weighted by Crippen LogP contribution is -2.18. The van der Waals surface area contributed by atoms with Crippen molar-refractivity contribution in [3.8, 4) is 17.2 Å². The first-order chi connectivity index (χ1) is 15.4. The average molecular weight is 477 g/mol. The summed E-state index contributed by atoms with van der Waals surface area (Å²) >= 11 is 12.4. The van der Waals surface area contributed by atoms with E-state index in [-0.39, 0.29) is 5.56 Å². The highest BCUT2D eigenvalue weighted by Gasteiger charge is 2.17. The fourth-order valence-corrected chi connectivity index (χ4v) is 3.42. The average Bonchev–Trinajstić information content (AvgIpc) is 3.06. The number of hydrogen-bond donors (Lipinski definition) is 1. The van der Waals surface area contributed by atoms with Gasteiger partial charge in [0.25, 0.3) is 5.91 Å². The van der Waals surface area contributed by atoms with Crippen molar-refractivity contribution in [2.24, 2.45) is 5.10 Å². The number of rotatable bonds is 8. The van der Waals surface area contributed by atoms with Crippen LogP contribution in [0.25, 0.3) is 0 Å². The van der Waals surface area contributed by atoms with Crippen molar-refractivity contribution < 1.29 is 19.0 Å². The second-order valence-corrected chi connectivity index (χ2v) is 7.48. The van der Waals surface area contributed by atoms with Crippen LogP contribution in [0.3, 0.4) is 0 Å². The minimum atomic E-state index is -0.456. The number of aryl methyl sites for hydroxylation is 1. The zero-order valence-electron chi connectivity index (χ0n) is 18.0. The number of halogens is 2. The minimum Gasteiger partial charge on any atom is -0.493 e. The molecule has 1 N–H and O–H groups in total. The molecule has 3 aromatic rings. The second-order valence-electron chi connectivity index (χ2n) is 6.69. The number of amides is 1. The second kappa shape index (κ2) is 10.4. The quantitative estimate of drug-likeness (QED) is 0.386. The predicted octanol–water partition coefficient (Wildman–Crippen LogP) is 4.34. The number of hydrazone groups is 1. The van der Waals surface area contributed by atoms with Crippen LogP contribution in [0.5, 0.6) is 17.2 Å². The molecule has 32 heavy (non-hydrogen) atoms. The number of carbonyl (C=O) groups excluding carboxylic acids is 1. The molecule has 1 aromatic heterocycles. The molecule has 0 spiro atoms. The van der Waals surface area contributed by atoms with E-state index < -0.39 is 5.91 Å². The fourth-order valence-electron chi connectivity index (χ4n) is 3.01. The number of nitrogens with one attached hydrogen (secondary N) is 1. The van der Waals surface area contributed by atoms with Gasteiger partial charge in [0.2, 0.25) is 5.75 Å². The Kier molecular flexibility index (Phi) is 7.61. The third-order valence-electron chi connectivity index (χ3n) is 4.64. The Morgan fingerprint density at radius 1 is 1.09 bits per heavy atom. The first-order valence-electron chi connectivity index (χ1n) is 9.48. The van der Waals surface area contributed by atoms with Gasteiger partial charge in [0.05, 0.1) is 45.3 Å². The number of methoxy groups -OCH3 is 3. The molecule has 8 nitrogen and oxygen atoms in total. The van der Waals surface area contributed by atoms with Crippen molar-refractivity contribution in [2.75, 3.05) is 21.3 Å². The normalized spacial score (nSPS) is 10.9. The molecule has 0 aliphatic rings. The number of ether oxygens (including phenoxy) is 3. The van der Waals surface area contributed by atoms with Crippen LogP contribution in [0, 0.1) is 6.92 Å². The molecule has 1 amide bonds. The highest BCUT2D eigenvalue weighted by Crippen LogP contribution is 2.38. The summed E-state index contributed by atoms with van der Waals surface area (Å²) in [5.41, 5.74) is 5.04. The van der Waals surface area contributed by atoms with Gasteiger partial charge in [0.1, 0.15) is 5.15 Å². The zero-order chi connectivity index (χ0) is 23.3. The molecule has 0 radical (unpaired) electrons. The van der Waals surface area contributed by atoms with E-state index in [2.05, 4.69) is 15.6 Å². The van der Waals surface area contributed by atoms with Gasteiger partial charge in [-0.15, -0.1) is 0 Å². The standard InChI is InChI=1S/C22H22Cl2N4O4/c1-13-17(21(24)28(27-13)12-14-5-7-16(23)8-6-14)11-25-26-22(29)15-9-18(30-2)20(32-4)19(10-15)31-3/h5-11H,12H2,1-4H3,(H,26,29)/b25-11-. The van der Waals surface area contributed by atoms with Gasteiger partial charge in [-0.3, -0.25) is 4.79 Å². The van der Waals surface area contributed by atoms with Gasteiger partial charge in [-0.2, -0.15) is 10.2 Å². The molecule has 168 valence electrons. The van der Waals surface area contributed by atoms with E-state index >= 15 is 0 Å². The molecule has 2 aromatic carbocycles. The molecular formula is C22H22Cl2N4O4. The van der Waals surface area contributed by atoms with E-state index in [9.17, 15) is 4.79 Å². The molecular weight excluding hydrogens is 455 g/mol. The maximum atomic E-state index is 12.6. The van der Waals surface area contributed by atoms with Crippen LogP contribution in [0.4, 0.5) is 0 Å². The summed E-state index contributed by atoms with van der Waals surface area (Å²) in [6.07, 6.45) is 1.46. The summed E-state index contributed by atoms with van der Waals surface area (Å²) in [5.74, 6) is 0.667. The monoisotopic (exact) mass is 476 g/mol. The smallest absolute Gasteiger partial charge is 0.271 e. The number of nitrogens with zero attached hydrogens (tertiary/aromatic N) is 3. The third kappa shape index (κ3) is 5.15. The van der Waals surface area contributed by atoms with Crippen LogP contribution in [-0.2, 0) is 6.54 Å². The SMILES string of the molecule is COc1cc(C(=O)N/N=C\c2c(C)nn(Cc3ccc(Cl)cc3)c2Cl)cc(OC)c1OC. The van der Waals surface area contributed by atoms with E-state index in [1.807, 2.05) is 31.2 Å². The molecule has 0 saturated heterocycles. The molecule has 1 heterocycles. The van der Waals surface area contributed by atoms with Gasteiger partial charge in [-0.05, 0) is 36.8 Å². The molecule has 0 fully saturated rings. The largest absolute Gasteiger partial charge is 0.493 e. The van der Waals surface area contributed by atoms with Crippen LogP contribution >= 0.6 is 23.2 Å². The molecule has 10 heteroatoms. The van der Waals surface area contributed by atoms with Crippen LogP contribution in [-0.4, -0.2) is 43.2 Å². The van der Waals surface area contributed by atoms with E-state index in [0.717, 1.165) is 5.56 Å². The van der Waals surface area contributed by atoms with E-state index in [4.69, 9.17) is 37.4 Å². The van der Waals surface area contributed by atoms with Gasteiger partial charge < -0.3 is 14.2 Å². The van der Waals surface area contributed by atoms with Crippen molar-refractivity contribution in [1.29, 1.82) is 0 Å². The Balaban J connectivity index is 1.75. The summed E-state index contributed by atoms with van der Waals surface area (Å²) in [6.45, 7) is 2.29. The number of benzene rings is 2. The predicted molar refractivity (Wildman–Crippen MR) is 124 cm³/mol. The van der Waals surface area contributed by atoms with Gasteiger partial charge >= 0.3 is 0 Å². The van der Waals surface area contributed by atoms with Gasteiger partial charge in [0.15, 0.2) is 11.5 Å². The lowest BCUT2D eigenvalue weighted by molar-refractivity contribution is 0.0954. The summed E-state index contributed by atoms with van der Waals surface area (Å²) < 4.78 is 17.5. The van der Waals surface area contributed by atoms with Crippen LogP contribution in [0.15, 0.2) is 41.5 Å². The Morgan fingerprint density at radius 3 is 2.28 bits per heavy atom. The number of hydrogen-bond acceptors (Lipinski definition) is 6. The van der Waals surface area contributed by atoms with Crippen LogP contribution < -0.4 is 19.6 Å². The highest BCUT2D eigenvalue weighted by atomic mass is 35.5. The van der Waals surface area contributed by atoms with E-state index in [1.165, 1.54) is 39.7 Å². The van der Waals surface area contributed by atoms with Crippen molar-refractivity contribution in [2.45, 2.75) is 13.5 Å². The lowest BCUT2D eigenvalue weighted by atomic mass is 10.1. The molecule has 0 atom stereocenters. The first kappa shape index (κ1) is 23.4. The lowest BCUT2D eigenvalue weighted by Gasteiger charge is -2.13. The van der Waals surface area contributed by atoms with Gasteiger partial charge in [-0.25, -0.2) is 10.1 Å². The third-order valence-corrected chi connectivity index (χ3v) is 5.29. The molecule has 3 rings (SSSR count). The zero-order valence-corrected chi connectivity index (χ0v) is 19.5. The maximum Gasteiger partial charge on any atom is 0.271 e. The Hall–Kier alpha value is -3.23. The number of carbonyl (C=O) groups is 1. The molecule has 0 bridgehead atoms. The maximum absolute atomic E-state index is 12.6. The summed E-state index contributed by atoms with van der Waals surface area (Å²) in [4.78, 5) is 12.6. The van der Waals surface area contributed by atoms with E-state index in [1.54, 1.807) is 4.68 Å². The molecule has 0 aliphatic heterocycles. The number of aromatic nitrogens is 2. The van der Waals surface area contributed by atoms with Crippen LogP contribution in [0.1, 0.15) is 27.2 Å². The van der Waals surface area contributed by atoms with Crippen molar-refractivity contribution in [3.05, 3.63) is 69.0 Å². The van der Waals surface area contributed by atoms with Gasteiger partial charge in [-0.1, -0.05) is 35.3 Å². The van der Waals surface area contributed by atoms with Gasteiger partial charge in [0, 0.05) is 10.6 Å². The molecule has 0 saturated carbocycles. The highest BCUT2D eigenvalue weighted by molar-refractivity contribution is 6.32. The Bertz CT molecular complexity index is 1120. The molecule has 0 aliphatic carbocycles. The van der Waals surface area contributed by atoms with Crippen LogP contribution in [0.2, 0.25) is 10.2 Å².